The van der Waals surface area contributed by atoms with Crippen LogP contribution in [0.2, 0.25) is 0 Å². The lowest BCUT2D eigenvalue weighted by Gasteiger charge is -2.23. The number of allylic oxidation sites excluding steroid dienone is 2. The summed E-state index contributed by atoms with van der Waals surface area (Å²) in [6, 6.07) is 9.95. The maximum Gasteiger partial charge on any atom is 0.332 e. The second-order valence-corrected chi connectivity index (χ2v) is 13.3. The SMILES string of the molecule is CCNC(=O)CCC/C=C\C[C@@H]1[C@@H](/C=C/[C@@H](O)CCc2ccccc2)[C@H](OC(=O)COCCOCCOCCOCCOCCOCCOC)C[C@@H]1OC(C)=O. The van der Waals surface area contributed by atoms with Crippen LogP contribution >= 0.6 is 0 Å². The van der Waals surface area contributed by atoms with Crippen molar-refractivity contribution in [3.63, 3.8) is 0 Å². The minimum Gasteiger partial charge on any atom is -0.462 e. The van der Waals surface area contributed by atoms with Gasteiger partial charge in [-0.15, -0.1) is 0 Å². The molecule has 0 heterocycles. The first-order chi connectivity index (χ1) is 27.3. The van der Waals surface area contributed by atoms with Gasteiger partial charge in [-0.1, -0.05) is 54.6 Å². The van der Waals surface area contributed by atoms with Crippen LogP contribution in [0.1, 0.15) is 57.9 Å². The molecule has 14 nitrogen and oxygen atoms in total. The third-order valence-electron chi connectivity index (χ3n) is 8.83. The van der Waals surface area contributed by atoms with E-state index in [1.807, 2.05) is 55.5 Å². The van der Waals surface area contributed by atoms with E-state index in [-0.39, 0.29) is 37.6 Å². The molecule has 1 aliphatic carbocycles. The molecular weight excluding hydrogens is 726 g/mol. The van der Waals surface area contributed by atoms with E-state index in [2.05, 4.69) is 5.32 Å². The van der Waals surface area contributed by atoms with Gasteiger partial charge in [-0.05, 0) is 44.6 Å². The molecule has 2 rings (SSSR count). The molecule has 0 unspecified atom stereocenters. The third-order valence-corrected chi connectivity index (χ3v) is 8.83. The van der Waals surface area contributed by atoms with Crippen molar-refractivity contribution < 1.29 is 62.1 Å². The number of aliphatic hydroxyl groups excluding tert-OH is 1. The lowest BCUT2D eigenvalue weighted by molar-refractivity contribution is -0.156. The fourth-order valence-corrected chi connectivity index (χ4v) is 6.08. The van der Waals surface area contributed by atoms with Gasteiger partial charge in [0.15, 0.2) is 0 Å². The number of hydrogen-bond acceptors (Lipinski definition) is 13. The van der Waals surface area contributed by atoms with Crippen LogP contribution in [-0.2, 0) is 63.4 Å². The van der Waals surface area contributed by atoms with Crippen molar-refractivity contribution in [2.75, 3.05) is 99.5 Å². The minimum absolute atomic E-state index is 0.0293. The molecule has 0 aromatic heterocycles. The van der Waals surface area contributed by atoms with Crippen molar-refractivity contribution in [2.45, 2.75) is 77.1 Å². The van der Waals surface area contributed by atoms with E-state index in [1.54, 1.807) is 13.2 Å². The van der Waals surface area contributed by atoms with E-state index in [1.165, 1.54) is 6.92 Å². The fourth-order valence-electron chi connectivity index (χ4n) is 6.08. The number of benzene rings is 1. The highest BCUT2D eigenvalue weighted by Crippen LogP contribution is 2.40. The Morgan fingerprint density at radius 3 is 1.96 bits per heavy atom. The van der Waals surface area contributed by atoms with Crippen LogP contribution in [0.25, 0.3) is 0 Å². The summed E-state index contributed by atoms with van der Waals surface area (Å²) >= 11 is 0. The number of carbonyl (C=O) groups is 3. The van der Waals surface area contributed by atoms with Gasteiger partial charge in [0, 0.05) is 45.3 Å². The standard InChI is InChI=1S/C42H67NO13/c1-4-43-41(46)15-11-6-5-10-14-37-38(19-18-36(45)17-16-35-12-8-7-9-13-35)40(32-39(37)55-34(2)44)56-42(47)33-54-31-30-53-29-28-52-27-26-51-25-24-50-23-22-49-21-20-48-3/h5,7-10,12-13,18-19,36-40,45H,4,6,11,14-17,20-33H2,1-3H3,(H,43,46)/b10-5-,19-18+/t36-,37+,38+,39-,40+/m0/s1. The zero-order valence-electron chi connectivity index (χ0n) is 33.8. The number of esters is 2. The first-order valence-corrected chi connectivity index (χ1v) is 20.0. The monoisotopic (exact) mass is 793 g/mol. The van der Waals surface area contributed by atoms with Gasteiger partial charge in [-0.25, -0.2) is 4.79 Å². The fraction of sp³-hybridized carbons (Fsp3) is 0.690. The molecule has 1 fully saturated rings. The van der Waals surface area contributed by atoms with Crippen molar-refractivity contribution >= 4 is 17.8 Å². The summed E-state index contributed by atoms with van der Waals surface area (Å²) < 4.78 is 49.3. The van der Waals surface area contributed by atoms with Gasteiger partial charge < -0.3 is 53.1 Å². The van der Waals surface area contributed by atoms with Crippen molar-refractivity contribution in [2.24, 2.45) is 11.8 Å². The van der Waals surface area contributed by atoms with Crippen LogP contribution < -0.4 is 5.32 Å². The quantitative estimate of drug-likeness (QED) is 0.0585. The largest absolute Gasteiger partial charge is 0.462 e. The number of aryl methyl sites for hydroxylation is 1. The highest BCUT2D eigenvalue weighted by Gasteiger charge is 2.45. The lowest BCUT2D eigenvalue weighted by Crippen LogP contribution is -2.27. The summed E-state index contributed by atoms with van der Waals surface area (Å²) in [5.41, 5.74) is 1.13. The van der Waals surface area contributed by atoms with Gasteiger partial charge in [-0.3, -0.25) is 9.59 Å². The maximum atomic E-state index is 12.9. The highest BCUT2D eigenvalue weighted by molar-refractivity contribution is 5.75. The Hall–Kier alpha value is -3.21. The Labute approximate surface area is 333 Å². The Morgan fingerprint density at radius 2 is 1.39 bits per heavy atom. The molecule has 0 bridgehead atoms. The number of methoxy groups -OCH3 is 1. The van der Waals surface area contributed by atoms with E-state index in [4.69, 9.17) is 42.6 Å². The summed E-state index contributed by atoms with van der Waals surface area (Å²) in [4.78, 5) is 36.8. The number of hydrogen-bond donors (Lipinski definition) is 2. The first kappa shape index (κ1) is 48.9. The number of ether oxygens (including phenoxy) is 9. The molecule has 0 spiro atoms. The topological polar surface area (TPSA) is 167 Å². The van der Waals surface area contributed by atoms with Crippen molar-refractivity contribution in [1.82, 2.24) is 5.32 Å². The van der Waals surface area contributed by atoms with Crippen LogP contribution in [0.3, 0.4) is 0 Å². The van der Waals surface area contributed by atoms with E-state index < -0.39 is 30.3 Å². The van der Waals surface area contributed by atoms with Gasteiger partial charge in [-0.2, -0.15) is 0 Å². The first-order valence-electron chi connectivity index (χ1n) is 20.0. The Kier molecular flexibility index (Phi) is 28.7. The molecule has 1 amide bonds. The zero-order chi connectivity index (χ0) is 40.5. The molecule has 14 heteroatoms. The van der Waals surface area contributed by atoms with Crippen molar-refractivity contribution in [3.05, 3.63) is 60.2 Å². The van der Waals surface area contributed by atoms with E-state index in [9.17, 15) is 19.5 Å². The normalized spacial score (nSPS) is 18.8. The molecule has 0 aliphatic heterocycles. The number of nitrogens with one attached hydrogen (secondary N) is 1. The van der Waals surface area contributed by atoms with Crippen LogP contribution in [-0.4, -0.2) is 141 Å². The average Bonchev–Trinajstić information content (AvgIpc) is 3.49. The second kappa shape index (κ2) is 32.8. The molecule has 5 atom stereocenters. The predicted molar refractivity (Wildman–Crippen MR) is 210 cm³/mol. The Morgan fingerprint density at radius 1 is 0.804 bits per heavy atom. The molecule has 2 N–H and O–H groups in total. The van der Waals surface area contributed by atoms with Gasteiger partial charge in [0.05, 0.1) is 85.4 Å². The molecular formula is C42H67NO13. The summed E-state index contributed by atoms with van der Waals surface area (Å²) in [6.45, 7) is 8.83. The molecule has 1 aromatic rings. The van der Waals surface area contributed by atoms with Gasteiger partial charge >= 0.3 is 11.9 Å². The molecule has 1 aromatic carbocycles. The summed E-state index contributed by atoms with van der Waals surface area (Å²) in [6.07, 6.45) is 9.94. The lowest BCUT2D eigenvalue weighted by atomic mass is 9.89. The molecule has 1 saturated carbocycles. The van der Waals surface area contributed by atoms with Crippen LogP contribution in [0.5, 0.6) is 0 Å². The maximum absolute atomic E-state index is 12.9. The summed E-state index contributed by atoms with van der Waals surface area (Å²) in [5, 5.41) is 13.6. The van der Waals surface area contributed by atoms with Crippen LogP contribution in [0, 0.1) is 11.8 Å². The van der Waals surface area contributed by atoms with Crippen LogP contribution in [0.15, 0.2) is 54.6 Å². The summed E-state index contributed by atoms with van der Waals surface area (Å²) in [7, 11) is 1.63. The minimum atomic E-state index is -0.709. The van der Waals surface area contributed by atoms with Crippen molar-refractivity contribution in [3.8, 4) is 0 Å². The number of carbonyl (C=O) groups excluding carboxylic acids is 3. The predicted octanol–water partition coefficient (Wildman–Crippen LogP) is 4.01. The molecule has 0 radical (unpaired) electrons. The van der Waals surface area contributed by atoms with Crippen molar-refractivity contribution in [1.29, 1.82) is 0 Å². The van der Waals surface area contributed by atoms with E-state index in [0.717, 1.165) is 18.4 Å². The third kappa shape index (κ3) is 24.4. The smallest absolute Gasteiger partial charge is 0.332 e. The second-order valence-electron chi connectivity index (χ2n) is 13.3. The number of amides is 1. The molecule has 0 saturated heterocycles. The van der Waals surface area contributed by atoms with E-state index in [0.29, 0.717) is 105 Å². The molecule has 56 heavy (non-hydrogen) atoms. The molecule has 1 aliphatic rings. The Bertz CT molecular complexity index is 1210. The Balaban J connectivity index is 1.77. The number of unbranched alkanes of at least 4 members (excludes halogenated alkanes) is 1. The average molecular weight is 794 g/mol. The van der Waals surface area contributed by atoms with Gasteiger partial charge in [0.25, 0.3) is 0 Å². The van der Waals surface area contributed by atoms with Crippen LogP contribution in [0.4, 0.5) is 0 Å². The highest BCUT2D eigenvalue weighted by atomic mass is 16.6. The zero-order valence-corrected chi connectivity index (χ0v) is 33.8. The number of rotatable bonds is 34. The van der Waals surface area contributed by atoms with Gasteiger partial charge in [0.1, 0.15) is 18.8 Å². The van der Waals surface area contributed by atoms with Gasteiger partial charge in [0.2, 0.25) is 5.91 Å². The summed E-state index contributed by atoms with van der Waals surface area (Å²) in [5.74, 6) is -1.42. The van der Waals surface area contributed by atoms with E-state index >= 15 is 0 Å². The number of aliphatic hydroxyl groups is 1. The molecule has 318 valence electrons.